The number of aryl methyl sites for hydroxylation is 1. The number of hydrogen-bond donors (Lipinski definition) is 0. The molecule has 1 aromatic carbocycles. The fraction of sp³-hybridized carbons (Fsp3) is 0.182. The first-order chi connectivity index (χ1) is 7.29. The van der Waals surface area contributed by atoms with Crippen LogP contribution in [0.3, 0.4) is 0 Å². The average molecular weight is 287 g/mol. The minimum atomic E-state index is 0.700. The second-order valence-corrected chi connectivity index (χ2v) is 4.36. The van der Waals surface area contributed by atoms with Crippen molar-refractivity contribution in [3.05, 3.63) is 41.0 Å². The van der Waals surface area contributed by atoms with Crippen LogP contribution in [0.15, 0.2) is 34.9 Å². The third-order valence-corrected chi connectivity index (χ3v) is 2.65. The second-order valence-electron chi connectivity index (χ2n) is 3.13. The molecule has 0 saturated carbocycles. The van der Waals surface area contributed by atoms with Crippen molar-refractivity contribution in [3.63, 3.8) is 0 Å². The molecule has 0 atom stereocenters. The Morgan fingerprint density at radius 3 is 2.93 bits per heavy atom. The maximum atomic E-state index is 5.89. The molecule has 1 aromatic heterocycles. The molecular weight excluding hydrogens is 277 g/mol. The number of aromatic nitrogens is 1. The van der Waals surface area contributed by atoms with E-state index in [4.69, 9.17) is 16.1 Å². The van der Waals surface area contributed by atoms with Gasteiger partial charge in [-0.1, -0.05) is 44.8 Å². The van der Waals surface area contributed by atoms with E-state index in [0.29, 0.717) is 5.02 Å². The first-order valence-corrected chi connectivity index (χ1v) is 6.07. The Morgan fingerprint density at radius 2 is 2.20 bits per heavy atom. The zero-order valence-electron chi connectivity index (χ0n) is 7.91. The van der Waals surface area contributed by atoms with Gasteiger partial charge in [-0.2, -0.15) is 0 Å². The van der Waals surface area contributed by atoms with Crippen molar-refractivity contribution in [1.29, 1.82) is 0 Å². The molecule has 2 nitrogen and oxygen atoms in total. The summed E-state index contributed by atoms with van der Waals surface area (Å²) < 4.78 is 5.23. The second kappa shape index (κ2) is 4.81. The first kappa shape index (κ1) is 10.7. The Bertz CT molecular complexity index is 455. The van der Waals surface area contributed by atoms with Gasteiger partial charge < -0.3 is 4.52 Å². The van der Waals surface area contributed by atoms with Crippen LogP contribution in [-0.2, 0) is 6.42 Å². The number of halogens is 2. The topological polar surface area (TPSA) is 26.0 Å². The minimum Gasteiger partial charge on any atom is -0.356 e. The summed E-state index contributed by atoms with van der Waals surface area (Å²) in [4.78, 5) is 0. The molecule has 0 aliphatic rings. The molecule has 0 unspecified atom stereocenters. The average Bonchev–Trinajstić information content (AvgIpc) is 2.67. The number of hydrogen-bond acceptors (Lipinski definition) is 2. The van der Waals surface area contributed by atoms with E-state index >= 15 is 0 Å². The predicted molar refractivity (Wildman–Crippen MR) is 64.4 cm³/mol. The predicted octanol–water partition coefficient (Wildman–Crippen LogP) is 3.93. The van der Waals surface area contributed by atoms with Crippen LogP contribution in [0, 0.1) is 0 Å². The summed E-state index contributed by atoms with van der Waals surface area (Å²) in [6.45, 7) is 0. The first-order valence-electron chi connectivity index (χ1n) is 4.57. The van der Waals surface area contributed by atoms with E-state index in [-0.39, 0.29) is 0 Å². The van der Waals surface area contributed by atoms with E-state index in [1.807, 2.05) is 30.3 Å². The molecule has 4 heteroatoms. The fourth-order valence-corrected chi connectivity index (χ4v) is 1.90. The molecule has 15 heavy (non-hydrogen) atoms. The molecule has 78 valence electrons. The molecule has 2 rings (SSSR count). The summed E-state index contributed by atoms with van der Waals surface area (Å²) in [7, 11) is 0. The molecule has 0 spiro atoms. The van der Waals surface area contributed by atoms with Crippen molar-refractivity contribution in [2.75, 3.05) is 5.33 Å². The highest BCUT2D eigenvalue weighted by Crippen LogP contribution is 2.23. The van der Waals surface area contributed by atoms with E-state index in [9.17, 15) is 0 Å². The molecule has 0 aliphatic carbocycles. The third-order valence-electron chi connectivity index (χ3n) is 2.02. The van der Waals surface area contributed by atoms with Gasteiger partial charge in [0.2, 0.25) is 0 Å². The zero-order valence-corrected chi connectivity index (χ0v) is 10.3. The minimum absolute atomic E-state index is 0.700. The molecule has 0 aliphatic heterocycles. The monoisotopic (exact) mass is 285 g/mol. The SMILES string of the molecule is Clc1cccc(-c2cc(CCBr)no2)c1. The highest BCUT2D eigenvalue weighted by atomic mass is 79.9. The van der Waals surface area contributed by atoms with Gasteiger partial charge in [-0.25, -0.2) is 0 Å². The summed E-state index contributed by atoms with van der Waals surface area (Å²) in [6, 6.07) is 9.47. The van der Waals surface area contributed by atoms with Gasteiger partial charge in [0.1, 0.15) is 0 Å². The van der Waals surface area contributed by atoms with E-state index in [1.165, 1.54) is 0 Å². The smallest absolute Gasteiger partial charge is 0.167 e. The van der Waals surface area contributed by atoms with E-state index in [2.05, 4.69) is 21.1 Å². The normalized spacial score (nSPS) is 10.5. The van der Waals surface area contributed by atoms with Crippen molar-refractivity contribution in [1.82, 2.24) is 5.16 Å². The van der Waals surface area contributed by atoms with Crippen LogP contribution in [0.4, 0.5) is 0 Å². The lowest BCUT2D eigenvalue weighted by Gasteiger charge is -1.94. The highest BCUT2D eigenvalue weighted by molar-refractivity contribution is 9.09. The van der Waals surface area contributed by atoms with Gasteiger partial charge in [0.05, 0.1) is 5.69 Å². The van der Waals surface area contributed by atoms with Crippen molar-refractivity contribution in [2.24, 2.45) is 0 Å². The Morgan fingerprint density at radius 1 is 1.33 bits per heavy atom. The molecule has 0 fully saturated rings. The van der Waals surface area contributed by atoms with Crippen LogP contribution < -0.4 is 0 Å². The lowest BCUT2D eigenvalue weighted by atomic mass is 10.1. The Balaban J connectivity index is 2.29. The van der Waals surface area contributed by atoms with Gasteiger partial charge in [-0.3, -0.25) is 0 Å². The van der Waals surface area contributed by atoms with Crippen LogP contribution in [0.5, 0.6) is 0 Å². The maximum absolute atomic E-state index is 5.89. The molecule has 2 aromatic rings. The molecule has 0 radical (unpaired) electrons. The summed E-state index contributed by atoms with van der Waals surface area (Å²) in [6.07, 6.45) is 0.865. The largest absolute Gasteiger partial charge is 0.356 e. The summed E-state index contributed by atoms with van der Waals surface area (Å²) in [5, 5.41) is 5.55. The zero-order chi connectivity index (χ0) is 10.7. The van der Waals surface area contributed by atoms with Crippen LogP contribution in [0.2, 0.25) is 5.02 Å². The third kappa shape index (κ3) is 2.61. The number of nitrogens with zero attached hydrogens (tertiary/aromatic N) is 1. The van der Waals surface area contributed by atoms with Gasteiger partial charge in [0, 0.05) is 28.4 Å². The van der Waals surface area contributed by atoms with Gasteiger partial charge in [0.15, 0.2) is 5.76 Å². The summed E-state index contributed by atoms with van der Waals surface area (Å²) in [5.74, 6) is 0.758. The van der Waals surface area contributed by atoms with Crippen LogP contribution in [-0.4, -0.2) is 10.5 Å². The molecule has 0 saturated heterocycles. The van der Waals surface area contributed by atoms with Gasteiger partial charge in [-0.15, -0.1) is 0 Å². The Kier molecular flexibility index (Phi) is 3.44. The van der Waals surface area contributed by atoms with Gasteiger partial charge in [0.25, 0.3) is 0 Å². The van der Waals surface area contributed by atoms with E-state index < -0.39 is 0 Å². The maximum Gasteiger partial charge on any atom is 0.167 e. The highest BCUT2D eigenvalue weighted by Gasteiger charge is 2.06. The summed E-state index contributed by atoms with van der Waals surface area (Å²) >= 11 is 9.25. The summed E-state index contributed by atoms with van der Waals surface area (Å²) in [5.41, 5.74) is 1.90. The lowest BCUT2D eigenvalue weighted by Crippen LogP contribution is -1.82. The van der Waals surface area contributed by atoms with Gasteiger partial charge >= 0.3 is 0 Å². The Labute approximate surface area is 101 Å². The van der Waals surface area contributed by atoms with E-state index in [0.717, 1.165) is 28.8 Å². The molecule has 0 amide bonds. The van der Waals surface area contributed by atoms with Crippen molar-refractivity contribution < 1.29 is 4.52 Å². The van der Waals surface area contributed by atoms with Crippen LogP contribution in [0.25, 0.3) is 11.3 Å². The van der Waals surface area contributed by atoms with Crippen LogP contribution >= 0.6 is 27.5 Å². The van der Waals surface area contributed by atoms with Crippen molar-refractivity contribution in [2.45, 2.75) is 6.42 Å². The molecule has 1 heterocycles. The number of alkyl halides is 1. The quantitative estimate of drug-likeness (QED) is 0.799. The Hall–Kier alpha value is -0.800. The van der Waals surface area contributed by atoms with E-state index in [1.54, 1.807) is 0 Å². The molecular formula is C11H9BrClNO. The standard InChI is InChI=1S/C11H9BrClNO/c12-5-4-10-7-11(15-14-10)8-2-1-3-9(13)6-8/h1-3,6-7H,4-5H2. The van der Waals surface area contributed by atoms with Crippen molar-refractivity contribution >= 4 is 27.5 Å². The van der Waals surface area contributed by atoms with Crippen LogP contribution in [0.1, 0.15) is 5.69 Å². The molecule has 0 bridgehead atoms. The number of benzene rings is 1. The van der Waals surface area contributed by atoms with Gasteiger partial charge in [-0.05, 0) is 12.1 Å². The lowest BCUT2D eigenvalue weighted by molar-refractivity contribution is 0.424. The number of rotatable bonds is 3. The fourth-order valence-electron chi connectivity index (χ4n) is 1.30. The van der Waals surface area contributed by atoms with Crippen molar-refractivity contribution in [3.8, 4) is 11.3 Å². The molecule has 0 N–H and O–H groups in total.